The summed E-state index contributed by atoms with van der Waals surface area (Å²) in [6.45, 7) is -0.128. The first kappa shape index (κ1) is 16.4. The average molecular weight is 342 g/mol. The van der Waals surface area contributed by atoms with Gasteiger partial charge in [0.15, 0.2) is 0 Å². The number of nitrogens with zero attached hydrogens (tertiary/aromatic N) is 1. The molecule has 8 nitrogen and oxygen atoms in total. The number of furan rings is 1. The third-order valence-corrected chi connectivity index (χ3v) is 3.51. The SMILES string of the molecule is COC(=O)c1ccc(COC(=O)Cc2n[nH]c(=O)c3ccccc23)o1. The largest absolute Gasteiger partial charge is 0.463 e. The van der Waals surface area contributed by atoms with Crippen molar-refractivity contribution in [3.63, 3.8) is 0 Å². The highest BCUT2D eigenvalue weighted by Gasteiger charge is 2.14. The number of hydrogen-bond donors (Lipinski definition) is 1. The molecule has 1 aromatic carbocycles. The number of ether oxygens (including phenoxy) is 2. The van der Waals surface area contributed by atoms with Gasteiger partial charge < -0.3 is 13.9 Å². The zero-order chi connectivity index (χ0) is 17.8. The summed E-state index contributed by atoms with van der Waals surface area (Å²) in [5.41, 5.74) is 0.0912. The zero-order valence-corrected chi connectivity index (χ0v) is 13.3. The molecule has 0 fully saturated rings. The summed E-state index contributed by atoms with van der Waals surface area (Å²) in [6, 6.07) is 9.82. The molecule has 0 bridgehead atoms. The summed E-state index contributed by atoms with van der Waals surface area (Å²) in [4.78, 5) is 35.0. The van der Waals surface area contributed by atoms with Gasteiger partial charge in [-0.2, -0.15) is 5.10 Å². The second-order valence-corrected chi connectivity index (χ2v) is 5.14. The number of nitrogens with one attached hydrogen (secondary N) is 1. The van der Waals surface area contributed by atoms with Crippen LogP contribution in [0, 0.1) is 0 Å². The zero-order valence-electron chi connectivity index (χ0n) is 13.3. The predicted molar refractivity (Wildman–Crippen MR) is 85.9 cm³/mol. The lowest BCUT2D eigenvalue weighted by molar-refractivity contribution is -0.144. The number of fused-ring (bicyclic) bond motifs is 1. The second kappa shape index (κ2) is 7.00. The lowest BCUT2D eigenvalue weighted by Gasteiger charge is -2.05. The number of benzene rings is 1. The fourth-order valence-electron chi connectivity index (χ4n) is 2.31. The lowest BCUT2D eigenvalue weighted by Crippen LogP contribution is -2.15. The van der Waals surface area contributed by atoms with Gasteiger partial charge in [-0.25, -0.2) is 9.89 Å². The number of rotatable bonds is 5. The topological polar surface area (TPSA) is 111 Å². The number of carbonyl (C=O) groups excluding carboxylic acids is 2. The molecule has 3 rings (SSSR count). The molecule has 0 aliphatic carbocycles. The Hall–Kier alpha value is -3.42. The fourth-order valence-corrected chi connectivity index (χ4v) is 2.31. The first-order valence-corrected chi connectivity index (χ1v) is 7.37. The normalized spacial score (nSPS) is 10.6. The van der Waals surface area contributed by atoms with E-state index in [0.717, 1.165) is 0 Å². The number of methoxy groups -OCH3 is 1. The van der Waals surface area contributed by atoms with Crippen LogP contribution in [0.5, 0.6) is 0 Å². The number of H-pyrrole nitrogens is 1. The summed E-state index contributed by atoms with van der Waals surface area (Å²) >= 11 is 0. The van der Waals surface area contributed by atoms with Crippen molar-refractivity contribution in [3.05, 3.63) is 64.0 Å². The maximum Gasteiger partial charge on any atom is 0.373 e. The molecule has 0 saturated carbocycles. The molecule has 0 amide bonds. The van der Waals surface area contributed by atoms with Gasteiger partial charge >= 0.3 is 11.9 Å². The molecular weight excluding hydrogens is 328 g/mol. The molecule has 2 heterocycles. The van der Waals surface area contributed by atoms with Crippen LogP contribution in [0.1, 0.15) is 22.0 Å². The summed E-state index contributed by atoms with van der Waals surface area (Å²) < 4.78 is 14.9. The lowest BCUT2D eigenvalue weighted by atomic mass is 10.1. The van der Waals surface area contributed by atoms with E-state index in [2.05, 4.69) is 14.9 Å². The van der Waals surface area contributed by atoms with Crippen LogP contribution in [0.4, 0.5) is 0 Å². The van der Waals surface area contributed by atoms with E-state index in [1.807, 2.05) is 0 Å². The average Bonchev–Trinajstić information content (AvgIpc) is 3.11. The predicted octanol–water partition coefficient (Wildman–Crippen LogP) is 1.59. The Balaban J connectivity index is 1.67. The highest BCUT2D eigenvalue weighted by molar-refractivity contribution is 5.87. The van der Waals surface area contributed by atoms with Crippen molar-refractivity contribution in [1.82, 2.24) is 10.2 Å². The molecule has 0 spiro atoms. The van der Waals surface area contributed by atoms with Gasteiger partial charge in [0.25, 0.3) is 5.56 Å². The van der Waals surface area contributed by atoms with Crippen molar-refractivity contribution in [2.75, 3.05) is 7.11 Å². The van der Waals surface area contributed by atoms with Gasteiger partial charge in [-0.1, -0.05) is 18.2 Å². The van der Waals surface area contributed by atoms with E-state index in [9.17, 15) is 14.4 Å². The quantitative estimate of drug-likeness (QED) is 0.701. The first-order valence-electron chi connectivity index (χ1n) is 7.37. The minimum Gasteiger partial charge on any atom is -0.463 e. The van der Waals surface area contributed by atoms with Crippen LogP contribution in [0.3, 0.4) is 0 Å². The van der Waals surface area contributed by atoms with E-state index < -0.39 is 11.9 Å². The Labute approximate surface area is 141 Å². The standard InChI is InChI=1S/C17H14N2O6/c1-23-17(22)14-7-6-10(25-14)9-24-15(20)8-13-11-4-2-3-5-12(11)16(21)19-18-13/h2-7H,8-9H2,1H3,(H,19,21). The fraction of sp³-hybridized carbons (Fsp3) is 0.176. The molecule has 0 aliphatic rings. The number of hydrogen-bond acceptors (Lipinski definition) is 7. The van der Waals surface area contributed by atoms with Crippen LogP contribution in [0.2, 0.25) is 0 Å². The monoisotopic (exact) mass is 342 g/mol. The molecular formula is C17H14N2O6. The smallest absolute Gasteiger partial charge is 0.373 e. The van der Waals surface area contributed by atoms with E-state index >= 15 is 0 Å². The van der Waals surface area contributed by atoms with Gasteiger partial charge in [0.05, 0.1) is 24.6 Å². The number of aromatic amines is 1. The van der Waals surface area contributed by atoms with E-state index in [4.69, 9.17) is 9.15 Å². The van der Waals surface area contributed by atoms with E-state index in [1.54, 1.807) is 24.3 Å². The van der Waals surface area contributed by atoms with E-state index in [0.29, 0.717) is 22.2 Å². The molecule has 8 heteroatoms. The van der Waals surface area contributed by atoms with Crippen LogP contribution >= 0.6 is 0 Å². The van der Waals surface area contributed by atoms with Gasteiger partial charge in [-0.05, 0) is 18.2 Å². The molecule has 1 N–H and O–H groups in total. The van der Waals surface area contributed by atoms with Crippen molar-refractivity contribution in [2.24, 2.45) is 0 Å². The Morgan fingerprint density at radius 3 is 2.68 bits per heavy atom. The maximum absolute atomic E-state index is 12.0. The number of carbonyl (C=O) groups is 2. The van der Waals surface area contributed by atoms with Crippen LogP contribution in [-0.2, 0) is 27.3 Å². The summed E-state index contributed by atoms with van der Waals surface area (Å²) in [5, 5.41) is 7.32. The van der Waals surface area contributed by atoms with Gasteiger partial charge in [0.2, 0.25) is 5.76 Å². The minimum absolute atomic E-state index is 0.0295. The Bertz CT molecular complexity index is 988. The molecule has 0 saturated heterocycles. The van der Waals surface area contributed by atoms with Gasteiger partial charge in [0.1, 0.15) is 12.4 Å². The van der Waals surface area contributed by atoms with Crippen LogP contribution in [0.15, 0.2) is 45.6 Å². The summed E-state index contributed by atoms with van der Waals surface area (Å²) in [7, 11) is 1.24. The minimum atomic E-state index is -0.610. The molecule has 3 aromatic rings. The molecule has 128 valence electrons. The van der Waals surface area contributed by atoms with Gasteiger partial charge in [0, 0.05) is 5.39 Å². The number of aromatic nitrogens is 2. The van der Waals surface area contributed by atoms with Crippen molar-refractivity contribution < 1.29 is 23.5 Å². The second-order valence-electron chi connectivity index (χ2n) is 5.14. The van der Waals surface area contributed by atoms with Crippen molar-refractivity contribution >= 4 is 22.7 Å². The molecule has 0 radical (unpaired) electrons. The van der Waals surface area contributed by atoms with Gasteiger partial charge in [-0.3, -0.25) is 9.59 Å². The van der Waals surface area contributed by atoms with Crippen LogP contribution in [-0.4, -0.2) is 29.2 Å². The van der Waals surface area contributed by atoms with Gasteiger partial charge in [-0.15, -0.1) is 0 Å². The molecule has 0 unspecified atom stereocenters. The third-order valence-electron chi connectivity index (χ3n) is 3.51. The highest BCUT2D eigenvalue weighted by atomic mass is 16.5. The summed E-state index contributed by atoms with van der Waals surface area (Å²) in [6.07, 6.45) is -0.109. The van der Waals surface area contributed by atoms with E-state index in [-0.39, 0.29) is 24.3 Å². The molecule has 25 heavy (non-hydrogen) atoms. The van der Waals surface area contributed by atoms with Crippen LogP contribution in [0.25, 0.3) is 10.8 Å². The highest BCUT2D eigenvalue weighted by Crippen LogP contribution is 2.14. The maximum atomic E-state index is 12.0. The molecule has 0 aliphatic heterocycles. The first-order chi connectivity index (χ1) is 12.1. The third kappa shape index (κ3) is 3.57. The van der Waals surface area contributed by atoms with E-state index in [1.165, 1.54) is 19.2 Å². The summed E-state index contributed by atoms with van der Waals surface area (Å²) in [5.74, 6) is -0.808. The van der Waals surface area contributed by atoms with Crippen molar-refractivity contribution in [1.29, 1.82) is 0 Å². The Kier molecular flexibility index (Phi) is 4.60. The van der Waals surface area contributed by atoms with Crippen molar-refractivity contribution in [2.45, 2.75) is 13.0 Å². The Morgan fingerprint density at radius 1 is 1.16 bits per heavy atom. The Morgan fingerprint density at radius 2 is 1.92 bits per heavy atom. The van der Waals surface area contributed by atoms with Crippen molar-refractivity contribution in [3.8, 4) is 0 Å². The molecule has 0 atom stereocenters. The van der Waals surface area contributed by atoms with Crippen LogP contribution < -0.4 is 5.56 Å². The number of esters is 2. The molecule has 2 aromatic heterocycles.